The molecule has 0 fully saturated rings. The first-order valence-corrected chi connectivity index (χ1v) is 13.5. The van der Waals surface area contributed by atoms with Gasteiger partial charge in [0.05, 0.1) is 23.2 Å². The van der Waals surface area contributed by atoms with E-state index >= 15 is 0 Å². The van der Waals surface area contributed by atoms with Crippen molar-refractivity contribution in [1.29, 1.82) is 0 Å². The molecular weight excluding hydrogens is 460 g/mol. The molecule has 0 unspecified atom stereocenters. The summed E-state index contributed by atoms with van der Waals surface area (Å²) in [4.78, 5) is 13.3. The van der Waals surface area contributed by atoms with E-state index in [1.165, 1.54) is 36.1 Å². The molecule has 0 heterocycles. The number of sulfonamides is 1. The summed E-state index contributed by atoms with van der Waals surface area (Å²) in [6.07, 6.45) is 4.55. The van der Waals surface area contributed by atoms with Crippen molar-refractivity contribution in [3.8, 4) is 5.75 Å². The number of hydrogen-bond acceptors (Lipinski definition) is 4. The van der Waals surface area contributed by atoms with E-state index < -0.39 is 10.0 Å². The van der Waals surface area contributed by atoms with Crippen LogP contribution in [0.15, 0.2) is 77.7 Å². The molecule has 0 aliphatic heterocycles. The van der Waals surface area contributed by atoms with Gasteiger partial charge in [-0.1, -0.05) is 48.5 Å². The van der Waals surface area contributed by atoms with Gasteiger partial charge in [0.25, 0.3) is 10.0 Å². The molecule has 0 spiro atoms. The maximum absolute atomic E-state index is 13.6. The molecule has 1 amide bonds. The second kappa shape index (κ2) is 11.0. The lowest BCUT2D eigenvalue weighted by atomic mass is 9.89. The zero-order valence-electron chi connectivity index (χ0n) is 20.2. The quantitative estimate of drug-likeness (QED) is 0.454. The monoisotopic (exact) mass is 492 g/mol. The van der Waals surface area contributed by atoms with E-state index in [0.717, 1.165) is 22.7 Å². The van der Waals surface area contributed by atoms with Gasteiger partial charge < -0.3 is 10.1 Å². The maximum atomic E-state index is 13.6. The van der Waals surface area contributed by atoms with E-state index in [0.29, 0.717) is 18.0 Å². The molecule has 184 valence electrons. The molecular formula is C28H32N2O4S. The van der Waals surface area contributed by atoms with Gasteiger partial charge in [-0.25, -0.2) is 8.42 Å². The summed E-state index contributed by atoms with van der Waals surface area (Å²) in [5.41, 5.74) is 4.07. The van der Waals surface area contributed by atoms with E-state index in [9.17, 15) is 13.2 Å². The Morgan fingerprint density at radius 3 is 2.40 bits per heavy atom. The Labute approximate surface area is 208 Å². The van der Waals surface area contributed by atoms with Crippen LogP contribution in [0.2, 0.25) is 0 Å². The number of benzene rings is 3. The van der Waals surface area contributed by atoms with Crippen LogP contribution in [0.4, 0.5) is 5.69 Å². The first-order valence-electron chi connectivity index (χ1n) is 12.1. The summed E-state index contributed by atoms with van der Waals surface area (Å²) < 4.78 is 34.1. The summed E-state index contributed by atoms with van der Waals surface area (Å²) >= 11 is 0. The summed E-state index contributed by atoms with van der Waals surface area (Å²) in [5, 5.41) is 2.99. The van der Waals surface area contributed by atoms with E-state index in [1.54, 1.807) is 42.5 Å². The number of para-hydroxylation sites is 2. The van der Waals surface area contributed by atoms with Gasteiger partial charge in [0.1, 0.15) is 12.3 Å². The summed E-state index contributed by atoms with van der Waals surface area (Å²) in [7, 11) is -4.01. The molecule has 1 aliphatic carbocycles. The fraction of sp³-hybridized carbons (Fsp3) is 0.321. The van der Waals surface area contributed by atoms with Gasteiger partial charge in [0.2, 0.25) is 5.91 Å². The second-order valence-corrected chi connectivity index (χ2v) is 10.6. The highest BCUT2D eigenvalue weighted by molar-refractivity contribution is 7.92. The predicted octanol–water partition coefficient (Wildman–Crippen LogP) is 5.04. The summed E-state index contributed by atoms with van der Waals surface area (Å²) in [6, 6.07) is 21.1. The molecule has 0 saturated carbocycles. The van der Waals surface area contributed by atoms with E-state index in [-0.39, 0.29) is 23.4 Å². The third-order valence-electron chi connectivity index (χ3n) is 6.30. The normalized spacial score (nSPS) is 14.0. The van der Waals surface area contributed by atoms with Gasteiger partial charge in [-0.15, -0.1) is 0 Å². The van der Waals surface area contributed by atoms with Crippen molar-refractivity contribution in [3.63, 3.8) is 0 Å². The first kappa shape index (κ1) is 24.8. The molecule has 0 radical (unpaired) electrons. The average molecular weight is 493 g/mol. The van der Waals surface area contributed by atoms with Gasteiger partial charge >= 0.3 is 0 Å². The van der Waals surface area contributed by atoms with Crippen molar-refractivity contribution in [2.75, 3.05) is 17.5 Å². The molecule has 1 N–H and O–H groups in total. The van der Waals surface area contributed by atoms with Crippen LogP contribution in [0.25, 0.3) is 0 Å². The molecule has 4 rings (SSSR count). The number of aryl methyl sites for hydroxylation is 2. The van der Waals surface area contributed by atoms with Gasteiger partial charge in [-0.05, 0) is 80.5 Å². The van der Waals surface area contributed by atoms with Crippen molar-refractivity contribution in [1.82, 2.24) is 5.32 Å². The highest BCUT2D eigenvalue weighted by Crippen LogP contribution is 2.32. The number of ether oxygens (including phenoxy) is 1. The maximum Gasteiger partial charge on any atom is 0.264 e. The van der Waals surface area contributed by atoms with Crippen LogP contribution in [-0.4, -0.2) is 27.5 Å². The number of carbonyl (C=O) groups excluding carboxylic acids is 1. The van der Waals surface area contributed by atoms with Gasteiger partial charge in [-0.3, -0.25) is 9.10 Å². The van der Waals surface area contributed by atoms with E-state index in [1.807, 2.05) is 13.8 Å². The van der Waals surface area contributed by atoms with Crippen LogP contribution in [0.5, 0.6) is 5.75 Å². The fourth-order valence-electron chi connectivity index (χ4n) is 4.48. The lowest BCUT2D eigenvalue weighted by molar-refractivity contribution is -0.120. The minimum atomic E-state index is -4.01. The third kappa shape index (κ3) is 5.68. The zero-order chi connectivity index (χ0) is 24.8. The molecule has 0 saturated heterocycles. The molecule has 7 heteroatoms. The van der Waals surface area contributed by atoms with Crippen molar-refractivity contribution >= 4 is 21.6 Å². The van der Waals surface area contributed by atoms with Crippen molar-refractivity contribution in [3.05, 3.63) is 89.5 Å². The Morgan fingerprint density at radius 2 is 1.66 bits per heavy atom. The van der Waals surface area contributed by atoms with Crippen LogP contribution in [-0.2, 0) is 27.7 Å². The Bertz CT molecular complexity index is 1280. The van der Waals surface area contributed by atoms with Crippen LogP contribution in [0.3, 0.4) is 0 Å². The molecule has 35 heavy (non-hydrogen) atoms. The fourth-order valence-corrected chi connectivity index (χ4v) is 5.94. The Morgan fingerprint density at radius 1 is 0.971 bits per heavy atom. The number of amides is 1. The number of carbonyl (C=O) groups is 1. The minimum absolute atomic E-state index is 0.113. The molecule has 0 aromatic heterocycles. The first-order chi connectivity index (χ1) is 16.9. The zero-order valence-corrected chi connectivity index (χ0v) is 21.1. The predicted molar refractivity (Wildman–Crippen MR) is 138 cm³/mol. The number of nitrogens with zero attached hydrogens (tertiary/aromatic N) is 1. The Balaban J connectivity index is 1.60. The van der Waals surface area contributed by atoms with E-state index in [4.69, 9.17) is 4.74 Å². The highest BCUT2D eigenvalue weighted by Gasteiger charge is 2.29. The molecule has 0 bridgehead atoms. The van der Waals surface area contributed by atoms with Crippen molar-refractivity contribution in [2.45, 2.75) is 50.5 Å². The topological polar surface area (TPSA) is 75.7 Å². The third-order valence-corrected chi connectivity index (χ3v) is 8.08. The highest BCUT2D eigenvalue weighted by atomic mass is 32.2. The van der Waals surface area contributed by atoms with Crippen LogP contribution >= 0.6 is 0 Å². The molecule has 6 nitrogen and oxygen atoms in total. The van der Waals surface area contributed by atoms with Crippen molar-refractivity contribution < 1.29 is 17.9 Å². The van der Waals surface area contributed by atoms with Crippen molar-refractivity contribution in [2.24, 2.45) is 0 Å². The van der Waals surface area contributed by atoms with Gasteiger partial charge in [-0.2, -0.15) is 0 Å². The number of fused-ring (bicyclic) bond motifs is 1. The van der Waals surface area contributed by atoms with E-state index in [2.05, 4.69) is 23.5 Å². The average Bonchev–Trinajstić information content (AvgIpc) is 2.88. The molecule has 3 aromatic rings. The number of hydrogen-bond donors (Lipinski definition) is 1. The number of nitrogens with one attached hydrogen (secondary N) is 1. The van der Waals surface area contributed by atoms with Crippen LogP contribution in [0.1, 0.15) is 49.4 Å². The van der Waals surface area contributed by atoms with Crippen LogP contribution < -0.4 is 14.4 Å². The lowest BCUT2D eigenvalue weighted by Gasteiger charge is -2.27. The van der Waals surface area contributed by atoms with Gasteiger partial charge in [0, 0.05) is 0 Å². The standard InChI is InChI=1S/C28H32N2O4S/c1-3-34-27-16-10-9-15-26(27)30(35(32,33)25-13-5-4-6-14-25)20-28(31)29-21(2)23-18-17-22-11-7-8-12-24(22)19-23/h4-6,9-10,13-19,21H,3,7-8,11-12,20H2,1-2H3,(H,29,31)/t21-/m0/s1. The lowest BCUT2D eigenvalue weighted by Crippen LogP contribution is -2.41. The minimum Gasteiger partial charge on any atom is -0.492 e. The SMILES string of the molecule is CCOc1ccccc1N(CC(=O)N[C@@H](C)c1ccc2c(c1)CCCC2)S(=O)(=O)c1ccccc1. The molecule has 1 atom stereocenters. The van der Waals surface area contributed by atoms with Crippen LogP contribution in [0, 0.1) is 0 Å². The number of anilines is 1. The summed E-state index contributed by atoms with van der Waals surface area (Å²) in [6.45, 7) is 3.76. The Hall–Kier alpha value is -3.32. The number of rotatable bonds is 9. The largest absolute Gasteiger partial charge is 0.492 e. The Kier molecular flexibility index (Phi) is 7.76. The molecule has 3 aromatic carbocycles. The van der Waals surface area contributed by atoms with Gasteiger partial charge in [0.15, 0.2) is 0 Å². The summed E-state index contributed by atoms with van der Waals surface area (Å²) in [5.74, 6) is 0.0195. The smallest absolute Gasteiger partial charge is 0.264 e. The second-order valence-electron chi connectivity index (χ2n) is 8.75. The molecule has 1 aliphatic rings.